The highest BCUT2D eigenvalue weighted by molar-refractivity contribution is 6.60. The van der Waals surface area contributed by atoms with E-state index in [9.17, 15) is 4.79 Å². The van der Waals surface area contributed by atoms with Crippen molar-refractivity contribution >= 4 is 18.4 Å². The minimum absolute atomic E-state index is 0.0775. The third-order valence-corrected chi connectivity index (χ3v) is 8.40. The van der Waals surface area contributed by atoms with Gasteiger partial charge in [0.15, 0.2) is 19.0 Å². The molecule has 2 heterocycles. The third kappa shape index (κ3) is 7.73. The van der Waals surface area contributed by atoms with Crippen LogP contribution in [0.25, 0.3) is 22.5 Å². The van der Waals surface area contributed by atoms with Crippen LogP contribution in [-0.4, -0.2) is 37.4 Å². The molecule has 2 N–H and O–H groups in total. The molecule has 7 nitrogen and oxygen atoms in total. The minimum atomic E-state index is -1.58. The van der Waals surface area contributed by atoms with E-state index in [0.29, 0.717) is 5.56 Å². The maximum atomic E-state index is 10.9. The number of carbonyl (C=O) groups is 1. The van der Waals surface area contributed by atoms with Crippen molar-refractivity contribution in [3.63, 3.8) is 0 Å². The van der Waals surface area contributed by atoms with E-state index < -0.39 is 7.12 Å². The summed E-state index contributed by atoms with van der Waals surface area (Å²) in [6.07, 6.45) is 7.91. The summed E-state index contributed by atoms with van der Waals surface area (Å²) in [7, 11) is 0.495. The molecule has 4 aromatic carbocycles. The Kier molecular flexibility index (Phi) is 11.7. The van der Waals surface area contributed by atoms with Gasteiger partial charge in [-0.15, -0.1) is 9.36 Å². The number of fused-ring (bicyclic) bond motifs is 3. The molecular weight excluding hydrogens is 595 g/mol. The fourth-order valence-electron chi connectivity index (χ4n) is 6.00. The molecule has 1 aliphatic rings. The average Bonchev–Trinajstić information content (AvgIpc) is 3.82. The van der Waals surface area contributed by atoms with Gasteiger partial charge in [-0.25, -0.2) is 4.68 Å². The first kappa shape index (κ1) is 35.8. The van der Waals surface area contributed by atoms with E-state index in [1.165, 1.54) is 52.1 Å². The van der Waals surface area contributed by atoms with E-state index in [4.69, 9.17) is 10.0 Å². The smallest absolute Gasteiger partial charge is 0.423 e. The SMILES string of the molecule is CC.CC(=O)c1ccccc1B(O)O.Cc1cc2c(cc1-n1ccc[n+]1C)-c1ccccc1C2(C)C.Cc1cccc(-n2cccn2)c1. The van der Waals surface area contributed by atoms with Crippen molar-refractivity contribution in [2.75, 3.05) is 0 Å². The highest BCUT2D eigenvalue weighted by Gasteiger charge is 2.36. The predicted octanol–water partition coefficient (Wildman–Crippen LogP) is 6.69. The zero-order valence-corrected chi connectivity index (χ0v) is 29.2. The van der Waals surface area contributed by atoms with Gasteiger partial charge in [-0.2, -0.15) is 5.10 Å². The molecule has 7 rings (SSSR count). The summed E-state index contributed by atoms with van der Waals surface area (Å²) in [6.45, 7) is 14.3. The van der Waals surface area contributed by atoms with Crippen molar-refractivity contribution in [2.24, 2.45) is 7.05 Å². The number of carbonyl (C=O) groups excluding carboxylic acids is 1. The standard InChI is InChI=1S/C20H21N2.C10H10N2.C8H9BO3.C2H6/c1-14-12-18-16(13-19(14)22-11-7-10-21(22)4)15-8-5-6-9-17(15)20(18,2)3;1-9-4-2-5-10(8-9)12-7-3-6-11-12;1-6(10)7-4-2-3-5-8(7)9(11)12;1-2/h5-13H,1-4H3;2-8H,1H3;2-5,11-12H,1H3;1-2H3/q+1;;;. The molecule has 48 heavy (non-hydrogen) atoms. The summed E-state index contributed by atoms with van der Waals surface area (Å²) in [4.78, 5) is 10.9. The molecule has 0 saturated heterocycles. The second-order valence-electron chi connectivity index (χ2n) is 12.1. The van der Waals surface area contributed by atoms with Crippen molar-refractivity contribution in [2.45, 2.75) is 53.9 Å². The molecule has 0 radical (unpaired) electrons. The second-order valence-corrected chi connectivity index (χ2v) is 12.1. The number of rotatable bonds is 4. The van der Waals surface area contributed by atoms with Crippen molar-refractivity contribution in [1.82, 2.24) is 14.5 Å². The molecule has 246 valence electrons. The van der Waals surface area contributed by atoms with Crippen LogP contribution in [0.1, 0.15) is 67.2 Å². The van der Waals surface area contributed by atoms with Gasteiger partial charge in [0.25, 0.3) is 0 Å². The number of Topliss-reactive ketones (excluding diaryl/α,β-unsaturated/α-hetero) is 1. The quantitative estimate of drug-likeness (QED) is 0.128. The van der Waals surface area contributed by atoms with E-state index >= 15 is 0 Å². The Balaban J connectivity index is 0.000000171. The number of aryl methyl sites for hydroxylation is 3. The van der Waals surface area contributed by atoms with Crippen LogP contribution in [0.2, 0.25) is 0 Å². The van der Waals surface area contributed by atoms with Crippen LogP contribution in [0.15, 0.2) is 122 Å². The van der Waals surface area contributed by atoms with E-state index in [1.807, 2.05) is 42.9 Å². The molecule has 0 atom stereocenters. The van der Waals surface area contributed by atoms with Gasteiger partial charge in [-0.1, -0.05) is 94.4 Å². The summed E-state index contributed by atoms with van der Waals surface area (Å²) in [6, 6.07) is 32.2. The van der Waals surface area contributed by atoms with E-state index in [1.54, 1.807) is 24.4 Å². The van der Waals surface area contributed by atoms with Crippen LogP contribution in [0.3, 0.4) is 0 Å². The first-order chi connectivity index (χ1) is 23.0. The third-order valence-electron chi connectivity index (χ3n) is 8.40. The highest BCUT2D eigenvalue weighted by atomic mass is 16.4. The van der Waals surface area contributed by atoms with Gasteiger partial charge in [0.2, 0.25) is 0 Å². The Labute approximate surface area is 284 Å². The summed E-state index contributed by atoms with van der Waals surface area (Å²) in [5.41, 5.74) is 11.2. The molecule has 8 heteroatoms. The van der Waals surface area contributed by atoms with E-state index in [-0.39, 0.29) is 16.7 Å². The summed E-state index contributed by atoms with van der Waals surface area (Å²) in [5.74, 6) is -0.168. The van der Waals surface area contributed by atoms with Crippen LogP contribution in [0.4, 0.5) is 0 Å². The van der Waals surface area contributed by atoms with Gasteiger partial charge in [-0.05, 0) is 83.9 Å². The lowest BCUT2D eigenvalue weighted by Gasteiger charge is -2.22. The van der Waals surface area contributed by atoms with Gasteiger partial charge < -0.3 is 10.0 Å². The minimum Gasteiger partial charge on any atom is -0.423 e. The molecule has 0 fully saturated rings. The lowest BCUT2D eigenvalue weighted by atomic mass is 9.76. The zero-order valence-electron chi connectivity index (χ0n) is 29.2. The lowest BCUT2D eigenvalue weighted by molar-refractivity contribution is -0.744. The summed E-state index contributed by atoms with van der Waals surface area (Å²) < 4.78 is 6.16. The van der Waals surface area contributed by atoms with Crippen molar-refractivity contribution < 1.29 is 19.5 Å². The first-order valence-corrected chi connectivity index (χ1v) is 16.3. The van der Waals surface area contributed by atoms with E-state index in [2.05, 4.69) is 116 Å². The number of benzene rings is 4. The molecule has 2 aromatic heterocycles. The number of hydrogen-bond acceptors (Lipinski definition) is 4. The maximum absolute atomic E-state index is 10.9. The van der Waals surface area contributed by atoms with Crippen molar-refractivity contribution in [3.8, 4) is 22.5 Å². The Hall–Kier alpha value is -5.05. The number of hydrogen-bond donors (Lipinski definition) is 2. The van der Waals surface area contributed by atoms with Crippen molar-refractivity contribution in [3.05, 3.63) is 150 Å². The Morgan fingerprint density at radius 1 is 0.812 bits per heavy atom. The summed E-state index contributed by atoms with van der Waals surface area (Å²) >= 11 is 0. The van der Waals surface area contributed by atoms with Crippen LogP contribution in [0, 0.1) is 13.8 Å². The fraction of sp³-hybridized carbons (Fsp3) is 0.225. The number of aromatic nitrogens is 4. The van der Waals surface area contributed by atoms with Gasteiger partial charge in [0, 0.05) is 29.4 Å². The van der Waals surface area contributed by atoms with Gasteiger partial charge in [-0.3, -0.25) is 4.79 Å². The Morgan fingerprint density at radius 2 is 1.52 bits per heavy atom. The molecule has 6 aromatic rings. The molecule has 0 saturated carbocycles. The van der Waals surface area contributed by atoms with Crippen LogP contribution >= 0.6 is 0 Å². The molecular formula is C40H46BN4O3+. The monoisotopic (exact) mass is 641 g/mol. The molecule has 1 aliphatic carbocycles. The van der Waals surface area contributed by atoms with Gasteiger partial charge in [0.05, 0.1) is 11.9 Å². The van der Waals surface area contributed by atoms with Gasteiger partial charge in [0.1, 0.15) is 5.69 Å². The zero-order chi connectivity index (χ0) is 35.0. The molecule has 0 unspecified atom stereocenters. The molecule has 0 aliphatic heterocycles. The Morgan fingerprint density at radius 3 is 2.12 bits per heavy atom. The Bertz CT molecular complexity index is 1980. The molecule has 0 bridgehead atoms. The first-order valence-electron chi connectivity index (χ1n) is 16.3. The van der Waals surface area contributed by atoms with Crippen LogP contribution in [-0.2, 0) is 12.5 Å². The average molecular weight is 642 g/mol. The number of ketones is 1. The lowest BCUT2D eigenvalue weighted by Crippen LogP contribution is -2.37. The van der Waals surface area contributed by atoms with Crippen LogP contribution in [0.5, 0.6) is 0 Å². The van der Waals surface area contributed by atoms with E-state index in [0.717, 1.165) is 5.69 Å². The summed E-state index contributed by atoms with van der Waals surface area (Å²) in [5, 5.41) is 21.9. The maximum Gasteiger partial charge on any atom is 0.489 e. The molecule has 0 spiro atoms. The second kappa shape index (κ2) is 15.7. The fourth-order valence-corrected chi connectivity index (χ4v) is 6.00. The largest absolute Gasteiger partial charge is 0.489 e. The predicted molar refractivity (Wildman–Crippen MR) is 195 cm³/mol. The highest BCUT2D eigenvalue weighted by Crippen LogP contribution is 2.49. The number of nitrogens with zero attached hydrogens (tertiary/aromatic N) is 4. The van der Waals surface area contributed by atoms with Crippen LogP contribution < -0.4 is 10.1 Å². The molecule has 0 amide bonds. The van der Waals surface area contributed by atoms with Crippen molar-refractivity contribution in [1.29, 1.82) is 0 Å². The topological polar surface area (TPSA) is 84.2 Å². The van der Waals surface area contributed by atoms with Gasteiger partial charge >= 0.3 is 7.12 Å². The normalized spacial score (nSPS) is 11.8.